The first-order chi connectivity index (χ1) is 7.40. The number of hydrogen-bond acceptors (Lipinski definition) is 1. The van der Waals surface area contributed by atoms with Crippen LogP contribution in [-0.2, 0) is 0 Å². The van der Waals surface area contributed by atoms with Crippen LogP contribution in [0.15, 0.2) is 35.2 Å². The van der Waals surface area contributed by atoms with Crippen LogP contribution < -0.4 is 0 Å². The summed E-state index contributed by atoms with van der Waals surface area (Å²) in [6, 6.07) is 10.9. The van der Waals surface area contributed by atoms with E-state index in [9.17, 15) is 0 Å². The van der Waals surface area contributed by atoms with Crippen molar-refractivity contribution in [2.24, 2.45) is 11.8 Å². The van der Waals surface area contributed by atoms with Crippen LogP contribution in [0.1, 0.15) is 32.1 Å². The molecule has 1 aromatic rings. The third-order valence-electron chi connectivity index (χ3n) is 3.89. The summed E-state index contributed by atoms with van der Waals surface area (Å²) in [4.78, 5) is 1.46. The molecule has 0 radical (unpaired) electrons. The van der Waals surface area contributed by atoms with E-state index in [4.69, 9.17) is 0 Å². The van der Waals surface area contributed by atoms with E-state index in [1.54, 1.807) is 0 Å². The van der Waals surface area contributed by atoms with Crippen LogP contribution in [0.2, 0.25) is 0 Å². The van der Waals surface area contributed by atoms with E-state index in [1.807, 2.05) is 0 Å². The Morgan fingerprint density at radius 2 is 1.53 bits per heavy atom. The highest BCUT2D eigenvalue weighted by molar-refractivity contribution is 8.00. The lowest BCUT2D eigenvalue weighted by Crippen LogP contribution is -2.17. The summed E-state index contributed by atoms with van der Waals surface area (Å²) in [5, 5.41) is 0.902. The molecule has 2 aliphatic carbocycles. The Morgan fingerprint density at radius 1 is 0.867 bits per heavy atom. The molecule has 3 atom stereocenters. The zero-order chi connectivity index (χ0) is 10.1. The maximum absolute atomic E-state index is 2.25. The zero-order valence-corrected chi connectivity index (χ0v) is 9.88. The van der Waals surface area contributed by atoms with Crippen molar-refractivity contribution in [1.29, 1.82) is 0 Å². The van der Waals surface area contributed by atoms with Gasteiger partial charge < -0.3 is 0 Å². The van der Waals surface area contributed by atoms with Crippen molar-refractivity contribution < 1.29 is 0 Å². The van der Waals surface area contributed by atoms with Gasteiger partial charge in [0, 0.05) is 10.1 Å². The fourth-order valence-electron chi connectivity index (χ4n) is 3.23. The Bertz CT molecular complexity index is 307. The monoisotopic (exact) mass is 218 g/mol. The summed E-state index contributed by atoms with van der Waals surface area (Å²) >= 11 is 2.11. The van der Waals surface area contributed by atoms with Crippen LogP contribution in [0, 0.1) is 11.8 Å². The fourth-order valence-corrected chi connectivity index (χ4v) is 4.67. The van der Waals surface area contributed by atoms with E-state index in [-0.39, 0.29) is 0 Å². The van der Waals surface area contributed by atoms with Gasteiger partial charge in [-0.1, -0.05) is 31.0 Å². The lowest BCUT2D eigenvalue weighted by molar-refractivity contribution is 0.368. The van der Waals surface area contributed by atoms with Gasteiger partial charge in [-0.05, 0) is 43.2 Å². The van der Waals surface area contributed by atoms with Crippen LogP contribution >= 0.6 is 11.8 Å². The minimum absolute atomic E-state index is 0.902. The Hall–Kier alpha value is -0.430. The van der Waals surface area contributed by atoms with Crippen LogP contribution in [0.5, 0.6) is 0 Å². The van der Waals surface area contributed by atoms with Crippen LogP contribution in [0.3, 0.4) is 0 Å². The molecule has 2 saturated carbocycles. The van der Waals surface area contributed by atoms with E-state index in [0.29, 0.717) is 0 Å². The number of rotatable bonds is 2. The van der Waals surface area contributed by atoms with Crippen molar-refractivity contribution in [1.82, 2.24) is 0 Å². The van der Waals surface area contributed by atoms with Gasteiger partial charge in [-0.2, -0.15) is 0 Å². The van der Waals surface area contributed by atoms with Gasteiger partial charge in [0.2, 0.25) is 0 Å². The molecule has 2 aliphatic rings. The van der Waals surface area contributed by atoms with Crippen LogP contribution in [0.25, 0.3) is 0 Å². The highest BCUT2D eigenvalue weighted by Crippen LogP contribution is 2.46. The molecule has 0 unspecified atom stereocenters. The average molecular weight is 218 g/mol. The van der Waals surface area contributed by atoms with E-state index in [2.05, 4.69) is 42.1 Å². The van der Waals surface area contributed by atoms with Gasteiger partial charge in [0.15, 0.2) is 0 Å². The first-order valence-electron chi connectivity index (χ1n) is 6.12. The third-order valence-corrected chi connectivity index (χ3v) is 5.15. The average Bonchev–Trinajstić information content (AvgIpc) is 2.60. The van der Waals surface area contributed by atoms with Gasteiger partial charge in [-0.3, -0.25) is 0 Å². The molecule has 80 valence electrons. The summed E-state index contributed by atoms with van der Waals surface area (Å²) in [5.74, 6) is 2.12. The maximum atomic E-state index is 2.25. The van der Waals surface area contributed by atoms with E-state index in [1.165, 1.54) is 37.0 Å². The summed E-state index contributed by atoms with van der Waals surface area (Å²) in [6.45, 7) is 0. The Labute approximate surface area is 96.5 Å². The van der Waals surface area contributed by atoms with Crippen LogP contribution in [0.4, 0.5) is 0 Å². The van der Waals surface area contributed by atoms with Crippen molar-refractivity contribution in [3.8, 4) is 0 Å². The molecular weight excluding hydrogens is 200 g/mol. The number of benzene rings is 1. The SMILES string of the molecule is c1ccc(S[C@@H]2C[C@@H]3CC[C@@H](C3)C2)cc1. The molecule has 0 aliphatic heterocycles. The molecule has 0 spiro atoms. The topological polar surface area (TPSA) is 0 Å². The summed E-state index contributed by atoms with van der Waals surface area (Å²) in [5.41, 5.74) is 0. The summed E-state index contributed by atoms with van der Waals surface area (Å²) in [6.07, 6.45) is 7.49. The largest absolute Gasteiger partial charge is 0.123 e. The van der Waals surface area contributed by atoms with Gasteiger partial charge in [0.25, 0.3) is 0 Å². The summed E-state index contributed by atoms with van der Waals surface area (Å²) in [7, 11) is 0. The quantitative estimate of drug-likeness (QED) is 0.711. The molecule has 0 heterocycles. The molecular formula is C14H18S. The Balaban J connectivity index is 1.65. The minimum atomic E-state index is 0.902. The Morgan fingerprint density at radius 3 is 2.20 bits per heavy atom. The van der Waals surface area contributed by atoms with Crippen LogP contribution in [-0.4, -0.2) is 5.25 Å². The molecule has 0 N–H and O–H groups in total. The molecule has 0 amide bonds. The van der Waals surface area contributed by atoms with Gasteiger partial charge in [0.05, 0.1) is 0 Å². The first-order valence-corrected chi connectivity index (χ1v) is 7.00. The lowest BCUT2D eigenvalue weighted by Gasteiger charge is -2.27. The second-order valence-electron chi connectivity index (χ2n) is 5.07. The minimum Gasteiger partial charge on any atom is -0.123 e. The predicted molar refractivity (Wildman–Crippen MR) is 66.2 cm³/mol. The molecule has 0 saturated heterocycles. The van der Waals surface area contributed by atoms with Crippen molar-refractivity contribution in [3.63, 3.8) is 0 Å². The number of thioether (sulfide) groups is 1. The maximum Gasteiger partial charge on any atom is 0.00996 e. The standard InChI is InChI=1S/C14H18S/c1-2-4-13(5-3-1)15-14-9-11-6-7-12(8-11)10-14/h1-5,11-12,14H,6-10H2/t11-,12+,14-. The molecule has 1 heteroatoms. The van der Waals surface area contributed by atoms with Crippen molar-refractivity contribution in [3.05, 3.63) is 30.3 Å². The molecule has 1 aromatic carbocycles. The van der Waals surface area contributed by atoms with Gasteiger partial charge in [0.1, 0.15) is 0 Å². The molecule has 3 rings (SSSR count). The predicted octanol–water partition coefficient (Wildman–Crippen LogP) is 4.36. The molecule has 15 heavy (non-hydrogen) atoms. The van der Waals surface area contributed by atoms with Gasteiger partial charge >= 0.3 is 0 Å². The van der Waals surface area contributed by atoms with E-state index < -0.39 is 0 Å². The fraction of sp³-hybridized carbons (Fsp3) is 0.571. The highest BCUT2D eigenvalue weighted by Gasteiger charge is 2.34. The smallest absolute Gasteiger partial charge is 0.00996 e. The second-order valence-corrected chi connectivity index (χ2v) is 6.44. The highest BCUT2D eigenvalue weighted by atomic mass is 32.2. The van der Waals surface area contributed by atoms with Gasteiger partial charge in [-0.25, -0.2) is 0 Å². The lowest BCUT2D eigenvalue weighted by atomic mass is 9.89. The van der Waals surface area contributed by atoms with Crippen molar-refractivity contribution in [2.75, 3.05) is 0 Å². The molecule has 2 fully saturated rings. The van der Waals surface area contributed by atoms with E-state index >= 15 is 0 Å². The van der Waals surface area contributed by atoms with E-state index in [0.717, 1.165) is 17.1 Å². The van der Waals surface area contributed by atoms with Crippen molar-refractivity contribution in [2.45, 2.75) is 42.2 Å². The normalized spacial score (nSPS) is 34.3. The van der Waals surface area contributed by atoms with Crippen molar-refractivity contribution >= 4 is 11.8 Å². The molecule has 0 nitrogen and oxygen atoms in total. The Kier molecular flexibility index (Phi) is 2.74. The number of hydrogen-bond donors (Lipinski definition) is 0. The van der Waals surface area contributed by atoms with Gasteiger partial charge in [-0.15, -0.1) is 11.8 Å². The molecule has 0 aromatic heterocycles. The first kappa shape index (κ1) is 9.77. The number of fused-ring (bicyclic) bond motifs is 2. The molecule has 2 bridgehead atoms. The second kappa shape index (κ2) is 4.21. The third kappa shape index (κ3) is 2.23. The zero-order valence-electron chi connectivity index (χ0n) is 9.06. The summed E-state index contributed by atoms with van der Waals surface area (Å²) < 4.78 is 0.